The zero-order valence-corrected chi connectivity index (χ0v) is 11.4. The summed E-state index contributed by atoms with van der Waals surface area (Å²) in [6.07, 6.45) is 3.32. The van der Waals surface area contributed by atoms with Crippen molar-refractivity contribution in [3.63, 3.8) is 0 Å². The summed E-state index contributed by atoms with van der Waals surface area (Å²) in [6, 6.07) is 7.74. The van der Waals surface area contributed by atoms with Crippen LogP contribution >= 0.6 is 31.9 Å². The van der Waals surface area contributed by atoms with Gasteiger partial charge in [-0.2, -0.15) is 0 Å². The van der Waals surface area contributed by atoms with Crippen molar-refractivity contribution in [1.82, 2.24) is 4.98 Å². The van der Waals surface area contributed by atoms with E-state index in [9.17, 15) is 0 Å². The third-order valence-corrected chi connectivity index (χ3v) is 3.20. The van der Waals surface area contributed by atoms with Crippen LogP contribution in [-0.2, 0) is 0 Å². The van der Waals surface area contributed by atoms with Crippen LogP contribution in [0.4, 0.5) is 17.1 Å². The minimum absolute atomic E-state index is 0.623. The van der Waals surface area contributed by atoms with Gasteiger partial charge in [0, 0.05) is 15.1 Å². The van der Waals surface area contributed by atoms with E-state index in [4.69, 9.17) is 5.73 Å². The smallest absolute Gasteiger partial charge is 0.0739 e. The van der Waals surface area contributed by atoms with Gasteiger partial charge in [-0.05, 0) is 40.2 Å². The lowest BCUT2D eigenvalue weighted by molar-refractivity contribution is 1.33. The standard InChI is InChI=1S/C11H9Br2N3/c12-7-1-2-10(8(13)5-7)16-11-3-4-15-6-9(11)14/h1-6H,14H2,(H,15,16). The fourth-order valence-electron chi connectivity index (χ4n) is 1.26. The van der Waals surface area contributed by atoms with Gasteiger partial charge in [-0.3, -0.25) is 4.98 Å². The van der Waals surface area contributed by atoms with Gasteiger partial charge in [0.25, 0.3) is 0 Å². The molecule has 0 amide bonds. The van der Waals surface area contributed by atoms with Crippen molar-refractivity contribution < 1.29 is 0 Å². The molecule has 3 nitrogen and oxygen atoms in total. The molecule has 5 heteroatoms. The van der Waals surface area contributed by atoms with E-state index in [2.05, 4.69) is 42.2 Å². The molecule has 0 atom stereocenters. The minimum atomic E-state index is 0.623. The van der Waals surface area contributed by atoms with Gasteiger partial charge < -0.3 is 11.1 Å². The molecule has 0 aliphatic rings. The van der Waals surface area contributed by atoms with Crippen molar-refractivity contribution in [1.29, 1.82) is 0 Å². The van der Waals surface area contributed by atoms with E-state index < -0.39 is 0 Å². The molecule has 0 saturated heterocycles. The SMILES string of the molecule is Nc1cnccc1Nc1ccc(Br)cc1Br. The Kier molecular flexibility index (Phi) is 3.46. The fourth-order valence-corrected chi connectivity index (χ4v) is 2.40. The molecular formula is C11H9Br2N3. The summed E-state index contributed by atoms with van der Waals surface area (Å²) in [5, 5.41) is 3.23. The molecule has 0 unspecified atom stereocenters. The van der Waals surface area contributed by atoms with Crippen molar-refractivity contribution in [2.75, 3.05) is 11.1 Å². The Hall–Kier alpha value is -1.07. The van der Waals surface area contributed by atoms with Crippen molar-refractivity contribution in [3.8, 4) is 0 Å². The van der Waals surface area contributed by atoms with E-state index in [-0.39, 0.29) is 0 Å². The Morgan fingerprint density at radius 1 is 1.12 bits per heavy atom. The lowest BCUT2D eigenvalue weighted by Gasteiger charge is -2.10. The van der Waals surface area contributed by atoms with Crippen LogP contribution in [-0.4, -0.2) is 4.98 Å². The lowest BCUT2D eigenvalue weighted by atomic mass is 10.3. The average molecular weight is 343 g/mol. The van der Waals surface area contributed by atoms with Crippen LogP contribution in [0.15, 0.2) is 45.6 Å². The highest BCUT2D eigenvalue weighted by atomic mass is 79.9. The van der Waals surface area contributed by atoms with Gasteiger partial charge in [0.15, 0.2) is 0 Å². The highest BCUT2D eigenvalue weighted by molar-refractivity contribution is 9.11. The molecule has 16 heavy (non-hydrogen) atoms. The zero-order chi connectivity index (χ0) is 11.5. The molecule has 0 fully saturated rings. The van der Waals surface area contributed by atoms with Crippen molar-refractivity contribution in [2.45, 2.75) is 0 Å². The van der Waals surface area contributed by atoms with Crippen molar-refractivity contribution in [2.24, 2.45) is 0 Å². The Morgan fingerprint density at radius 3 is 2.62 bits per heavy atom. The van der Waals surface area contributed by atoms with E-state index in [1.54, 1.807) is 12.4 Å². The Bertz CT molecular complexity index is 514. The molecule has 1 aromatic heterocycles. The molecule has 0 radical (unpaired) electrons. The molecule has 2 rings (SSSR count). The highest BCUT2D eigenvalue weighted by Crippen LogP contribution is 2.30. The first-order valence-electron chi connectivity index (χ1n) is 4.58. The van der Waals surface area contributed by atoms with Gasteiger partial charge in [-0.1, -0.05) is 15.9 Å². The number of nitrogens with two attached hydrogens (primary N) is 1. The largest absolute Gasteiger partial charge is 0.396 e. The normalized spacial score (nSPS) is 10.1. The fraction of sp³-hybridized carbons (Fsp3) is 0. The van der Waals surface area contributed by atoms with Crippen LogP contribution in [0.1, 0.15) is 0 Å². The molecular weight excluding hydrogens is 334 g/mol. The van der Waals surface area contributed by atoms with Crippen LogP contribution in [0.5, 0.6) is 0 Å². The summed E-state index contributed by atoms with van der Waals surface area (Å²) in [5.41, 5.74) is 8.23. The average Bonchev–Trinajstić information content (AvgIpc) is 2.25. The predicted molar refractivity (Wildman–Crippen MR) is 73.8 cm³/mol. The Morgan fingerprint density at radius 2 is 1.94 bits per heavy atom. The summed E-state index contributed by atoms with van der Waals surface area (Å²) in [6.45, 7) is 0. The van der Waals surface area contributed by atoms with Gasteiger partial charge in [-0.25, -0.2) is 0 Å². The van der Waals surface area contributed by atoms with E-state index in [1.165, 1.54) is 0 Å². The van der Waals surface area contributed by atoms with E-state index in [1.807, 2.05) is 24.3 Å². The minimum Gasteiger partial charge on any atom is -0.396 e. The number of benzene rings is 1. The number of anilines is 3. The first-order chi connectivity index (χ1) is 7.66. The number of pyridine rings is 1. The number of rotatable bonds is 2. The van der Waals surface area contributed by atoms with Crippen LogP contribution in [0.2, 0.25) is 0 Å². The summed E-state index contributed by atoms with van der Waals surface area (Å²) < 4.78 is 1.99. The molecule has 2 aromatic rings. The summed E-state index contributed by atoms with van der Waals surface area (Å²) in [5.74, 6) is 0. The van der Waals surface area contributed by atoms with Gasteiger partial charge in [0.2, 0.25) is 0 Å². The predicted octanol–water partition coefficient (Wildman–Crippen LogP) is 3.93. The third kappa shape index (κ3) is 2.54. The monoisotopic (exact) mass is 341 g/mol. The number of nitrogens with zero attached hydrogens (tertiary/aromatic N) is 1. The highest BCUT2D eigenvalue weighted by Gasteiger charge is 2.03. The van der Waals surface area contributed by atoms with Gasteiger partial charge in [0.1, 0.15) is 0 Å². The van der Waals surface area contributed by atoms with Gasteiger partial charge in [0.05, 0.1) is 23.3 Å². The van der Waals surface area contributed by atoms with Gasteiger partial charge in [-0.15, -0.1) is 0 Å². The molecule has 0 saturated carbocycles. The number of nitrogen functional groups attached to an aromatic ring is 1. The van der Waals surface area contributed by atoms with Crippen LogP contribution in [0, 0.1) is 0 Å². The Balaban J connectivity index is 2.31. The molecule has 3 N–H and O–H groups in total. The maximum Gasteiger partial charge on any atom is 0.0739 e. The number of hydrogen-bond acceptors (Lipinski definition) is 3. The third-order valence-electron chi connectivity index (χ3n) is 2.05. The Labute approximate surface area is 110 Å². The summed E-state index contributed by atoms with van der Waals surface area (Å²) in [4.78, 5) is 3.94. The maximum absolute atomic E-state index is 5.80. The molecule has 0 aliphatic carbocycles. The quantitative estimate of drug-likeness (QED) is 0.869. The zero-order valence-electron chi connectivity index (χ0n) is 8.24. The van der Waals surface area contributed by atoms with Crippen LogP contribution in [0.25, 0.3) is 0 Å². The molecule has 82 valence electrons. The van der Waals surface area contributed by atoms with Crippen LogP contribution in [0.3, 0.4) is 0 Å². The topological polar surface area (TPSA) is 50.9 Å². The molecule has 1 aromatic carbocycles. The molecule has 0 bridgehead atoms. The number of aromatic nitrogens is 1. The second-order valence-corrected chi connectivity index (χ2v) is 4.98. The number of nitrogens with one attached hydrogen (secondary N) is 1. The van der Waals surface area contributed by atoms with E-state index in [0.29, 0.717) is 5.69 Å². The molecule has 1 heterocycles. The van der Waals surface area contributed by atoms with E-state index >= 15 is 0 Å². The molecule has 0 spiro atoms. The summed E-state index contributed by atoms with van der Waals surface area (Å²) >= 11 is 6.88. The second-order valence-electron chi connectivity index (χ2n) is 3.21. The second kappa shape index (κ2) is 4.84. The first-order valence-corrected chi connectivity index (χ1v) is 6.17. The maximum atomic E-state index is 5.80. The first kappa shape index (κ1) is 11.4. The van der Waals surface area contributed by atoms with Gasteiger partial charge >= 0.3 is 0 Å². The van der Waals surface area contributed by atoms with Crippen LogP contribution < -0.4 is 11.1 Å². The van der Waals surface area contributed by atoms with Crippen molar-refractivity contribution >= 4 is 48.9 Å². The van der Waals surface area contributed by atoms with E-state index in [0.717, 1.165) is 20.3 Å². The number of halogens is 2. The molecule has 0 aliphatic heterocycles. The lowest BCUT2D eigenvalue weighted by Crippen LogP contribution is -1.97. The number of hydrogen-bond donors (Lipinski definition) is 2. The van der Waals surface area contributed by atoms with Crippen molar-refractivity contribution in [3.05, 3.63) is 45.6 Å². The summed E-state index contributed by atoms with van der Waals surface area (Å²) in [7, 11) is 0.